The van der Waals surface area contributed by atoms with Gasteiger partial charge in [0, 0.05) is 24.9 Å². The molecule has 1 saturated carbocycles. The first-order valence-corrected chi connectivity index (χ1v) is 8.30. The van der Waals surface area contributed by atoms with Crippen molar-refractivity contribution in [1.82, 2.24) is 9.80 Å². The molecule has 6 nitrogen and oxygen atoms in total. The van der Waals surface area contributed by atoms with Gasteiger partial charge in [0.2, 0.25) is 5.91 Å². The third kappa shape index (κ3) is 2.91. The number of hydrogen-bond acceptors (Lipinski definition) is 3. The van der Waals surface area contributed by atoms with Gasteiger partial charge in [0.1, 0.15) is 12.1 Å². The molecule has 1 aliphatic carbocycles. The Balaban J connectivity index is 1.73. The van der Waals surface area contributed by atoms with Gasteiger partial charge in [0.25, 0.3) is 5.91 Å². The number of amides is 4. The fourth-order valence-corrected chi connectivity index (χ4v) is 3.64. The van der Waals surface area contributed by atoms with E-state index in [4.69, 9.17) is 0 Å². The lowest BCUT2D eigenvalue weighted by atomic mass is 9.81. The van der Waals surface area contributed by atoms with Crippen molar-refractivity contribution in [3.63, 3.8) is 0 Å². The molecule has 1 aromatic carbocycles. The third-order valence-corrected chi connectivity index (χ3v) is 5.05. The van der Waals surface area contributed by atoms with Gasteiger partial charge in [-0.05, 0) is 12.8 Å². The maximum atomic E-state index is 13.2. The molecule has 1 aliphatic heterocycles. The molecule has 0 unspecified atom stereocenters. The Morgan fingerprint density at radius 3 is 2.27 bits per heavy atom. The van der Waals surface area contributed by atoms with Crippen LogP contribution in [0.2, 0.25) is 0 Å². The number of anilines is 1. The molecular weight excluding hydrogens is 351 g/mol. The summed E-state index contributed by atoms with van der Waals surface area (Å²) in [7, 11) is 1.54. The summed E-state index contributed by atoms with van der Waals surface area (Å²) in [6.45, 7) is -0.579. The van der Waals surface area contributed by atoms with E-state index in [-0.39, 0.29) is 5.69 Å². The molecule has 0 bridgehead atoms. The van der Waals surface area contributed by atoms with Crippen molar-refractivity contribution >= 4 is 23.5 Å². The van der Waals surface area contributed by atoms with Crippen molar-refractivity contribution in [2.75, 3.05) is 18.9 Å². The second kappa shape index (κ2) is 6.62. The van der Waals surface area contributed by atoms with Crippen LogP contribution in [-0.4, -0.2) is 46.8 Å². The second-order valence-electron chi connectivity index (χ2n) is 6.63. The van der Waals surface area contributed by atoms with Crippen LogP contribution < -0.4 is 5.32 Å². The number of carbonyl (C=O) groups excluding carboxylic acids is 3. The first-order chi connectivity index (χ1) is 12.3. The molecule has 1 heterocycles. The summed E-state index contributed by atoms with van der Waals surface area (Å²) in [4.78, 5) is 39.5. The van der Waals surface area contributed by atoms with Crippen LogP contribution in [0.3, 0.4) is 0 Å². The van der Waals surface area contributed by atoms with E-state index in [1.54, 1.807) is 0 Å². The molecule has 0 atom stereocenters. The van der Waals surface area contributed by atoms with Crippen LogP contribution in [0.1, 0.15) is 32.1 Å². The molecule has 0 aromatic heterocycles. The van der Waals surface area contributed by atoms with E-state index < -0.39 is 47.4 Å². The number of benzene rings is 1. The summed E-state index contributed by atoms with van der Waals surface area (Å²) < 4.78 is 39.4. The van der Waals surface area contributed by atoms with Crippen molar-refractivity contribution in [2.24, 2.45) is 0 Å². The second-order valence-corrected chi connectivity index (χ2v) is 6.63. The summed E-state index contributed by atoms with van der Waals surface area (Å²) in [5.74, 6) is -5.78. The molecule has 140 valence electrons. The molecule has 1 saturated heterocycles. The standard InChI is InChI=1S/C17H18F3N3O3/c1-22-16(26)23(15(25)17(22)5-3-2-4-6-17)9-13(24)21-10-7-11(18)14(20)12(19)8-10/h7-8H,2-6,9H2,1H3,(H,21,24). The minimum absolute atomic E-state index is 0.300. The monoisotopic (exact) mass is 369 g/mol. The molecule has 3 rings (SSSR count). The highest BCUT2D eigenvalue weighted by molar-refractivity contribution is 6.10. The van der Waals surface area contributed by atoms with E-state index in [9.17, 15) is 27.6 Å². The molecule has 26 heavy (non-hydrogen) atoms. The lowest BCUT2D eigenvalue weighted by molar-refractivity contribution is -0.136. The number of nitrogens with zero attached hydrogens (tertiary/aromatic N) is 2. The number of nitrogens with one attached hydrogen (secondary N) is 1. The van der Waals surface area contributed by atoms with Gasteiger partial charge < -0.3 is 10.2 Å². The Kier molecular flexibility index (Phi) is 4.64. The van der Waals surface area contributed by atoms with E-state index >= 15 is 0 Å². The summed E-state index contributed by atoms with van der Waals surface area (Å²) in [5, 5.41) is 2.17. The quantitative estimate of drug-likeness (QED) is 0.658. The third-order valence-electron chi connectivity index (χ3n) is 5.05. The van der Waals surface area contributed by atoms with Crippen molar-refractivity contribution in [3.05, 3.63) is 29.6 Å². The Hall–Kier alpha value is -2.58. The van der Waals surface area contributed by atoms with Gasteiger partial charge in [-0.3, -0.25) is 14.5 Å². The van der Waals surface area contributed by atoms with Crippen molar-refractivity contribution in [1.29, 1.82) is 0 Å². The zero-order chi connectivity index (χ0) is 19.1. The van der Waals surface area contributed by atoms with Crippen LogP contribution in [0.25, 0.3) is 0 Å². The zero-order valence-corrected chi connectivity index (χ0v) is 14.2. The van der Waals surface area contributed by atoms with Crippen LogP contribution in [0.15, 0.2) is 12.1 Å². The number of imide groups is 1. The number of likely N-dealkylation sites (N-methyl/N-ethyl adjacent to an activating group) is 1. The van der Waals surface area contributed by atoms with E-state index in [1.807, 2.05) is 0 Å². The van der Waals surface area contributed by atoms with Gasteiger partial charge in [0.15, 0.2) is 17.5 Å². The Morgan fingerprint density at radius 2 is 1.69 bits per heavy atom. The molecule has 2 fully saturated rings. The summed E-state index contributed by atoms with van der Waals surface area (Å²) in [5.41, 5.74) is -1.21. The number of carbonyl (C=O) groups is 3. The zero-order valence-electron chi connectivity index (χ0n) is 14.2. The average Bonchev–Trinajstić information content (AvgIpc) is 2.77. The number of halogens is 3. The Bertz CT molecular complexity index is 755. The number of rotatable bonds is 3. The van der Waals surface area contributed by atoms with Crippen molar-refractivity contribution < 1.29 is 27.6 Å². The minimum atomic E-state index is -1.64. The predicted octanol–water partition coefficient (Wildman–Crippen LogP) is 2.64. The van der Waals surface area contributed by atoms with Gasteiger partial charge in [0.05, 0.1) is 0 Å². The maximum absolute atomic E-state index is 13.2. The van der Waals surface area contributed by atoms with Gasteiger partial charge in [-0.2, -0.15) is 0 Å². The van der Waals surface area contributed by atoms with Crippen molar-refractivity contribution in [3.8, 4) is 0 Å². The summed E-state index contributed by atoms with van der Waals surface area (Å²) in [6.07, 6.45) is 3.70. The average molecular weight is 369 g/mol. The van der Waals surface area contributed by atoms with E-state index in [0.29, 0.717) is 25.0 Å². The summed E-state index contributed by atoms with van der Waals surface area (Å²) >= 11 is 0. The fourth-order valence-electron chi connectivity index (χ4n) is 3.64. The van der Waals surface area contributed by atoms with Crippen LogP contribution in [0, 0.1) is 17.5 Å². The molecule has 2 aliphatic rings. The van der Waals surface area contributed by atoms with Gasteiger partial charge in [-0.25, -0.2) is 18.0 Å². The molecule has 0 radical (unpaired) electrons. The molecule has 1 spiro atoms. The first kappa shape index (κ1) is 18.2. The van der Waals surface area contributed by atoms with Gasteiger partial charge in [-0.15, -0.1) is 0 Å². The number of urea groups is 1. The highest BCUT2D eigenvalue weighted by atomic mass is 19.2. The van der Waals surface area contributed by atoms with Crippen molar-refractivity contribution in [2.45, 2.75) is 37.6 Å². The number of hydrogen-bond donors (Lipinski definition) is 1. The highest BCUT2D eigenvalue weighted by Gasteiger charge is 2.55. The van der Waals surface area contributed by atoms with Crippen LogP contribution in [0.4, 0.5) is 23.7 Å². The molecule has 9 heteroatoms. The van der Waals surface area contributed by atoms with E-state index in [1.165, 1.54) is 11.9 Å². The SMILES string of the molecule is CN1C(=O)N(CC(=O)Nc2cc(F)c(F)c(F)c2)C(=O)C12CCCCC2. The van der Waals surface area contributed by atoms with Gasteiger partial charge in [-0.1, -0.05) is 19.3 Å². The van der Waals surface area contributed by atoms with Gasteiger partial charge >= 0.3 is 6.03 Å². The highest BCUT2D eigenvalue weighted by Crippen LogP contribution is 2.39. The summed E-state index contributed by atoms with van der Waals surface area (Å²) in [6, 6.07) is 0.667. The minimum Gasteiger partial charge on any atom is -0.324 e. The molecular formula is C17H18F3N3O3. The topological polar surface area (TPSA) is 69.7 Å². The molecule has 1 N–H and O–H groups in total. The Morgan fingerprint density at radius 1 is 1.12 bits per heavy atom. The predicted molar refractivity (Wildman–Crippen MR) is 85.6 cm³/mol. The Labute approximate surface area is 147 Å². The van der Waals surface area contributed by atoms with Crippen LogP contribution in [-0.2, 0) is 9.59 Å². The van der Waals surface area contributed by atoms with E-state index in [0.717, 1.165) is 24.2 Å². The first-order valence-electron chi connectivity index (χ1n) is 8.30. The normalized spacial score (nSPS) is 19.4. The lowest BCUT2D eigenvalue weighted by Crippen LogP contribution is -2.49. The maximum Gasteiger partial charge on any atom is 0.327 e. The smallest absolute Gasteiger partial charge is 0.324 e. The van der Waals surface area contributed by atoms with Crippen LogP contribution >= 0.6 is 0 Å². The van der Waals surface area contributed by atoms with Crippen LogP contribution in [0.5, 0.6) is 0 Å². The van der Waals surface area contributed by atoms with E-state index in [2.05, 4.69) is 5.32 Å². The molecule has 4 amide bonds. The molecule has 1 aromatic rings. The fraction of sp³-hybridized carbons (Fsp3) is 0.471. The largest absolute Gasteiger partial charge is 0.327 e. The lowest BCUT2D eigenvalue weighted by Gasteiger charge is -2.35.